The molecule has 3 aromatic heterocycles. The van der Waals surface area contributed by atoms with E-state index in [4.69, 9.17) is 14.7 Å². The Hall–Kier alpha value is -2.84. The summed E-state index contributed by atoms with van der Waals surface area (Å²) in [6.45, 7) is 9.56. The van der Waals surface area contributed by atoms with Crippen molar-refractivity contribution < 1.29 is 9.53 Å². The number of rotatable bonds is 6. The van der Waals surface area contributed by atoms with Gasteiger partial charge in [-0.2, -0.15) is 5.10 Å². The Balaban J connectivity index is 1.64. The van der Waals surface area contributed by atoms with Crippen molar-refractivity contribution in [1.29, 1.82) is 0 Å². The first-order valence-corrected chi connectivity index (χ1v) is 12.4. The number of anilines is 1. The lowest BCUT2D eigenvalue weighted by Gasteiger charge is -2.24. The van der Waals surface area contributed by atoms with Gasteiger partial charge in [-0.05, 0) is 50.8 Å². The van der Waals surface area contributed by atoms with Crippen molar-refractivity contribution in [3.63, 3.8) is 0 Å². The number of hydrogen-bond donors (Lipinski definition) is 0. The first-order valence-electron chi connectivity index (χ1n) is 11.6. The number of carbonyl (C=O) groups is 1. The quantitative estimate of drug-likeness (QED) is 0.374. The Morgan fingerprint density at radius 3 is 2.76 bits per heavy atom. The molecule has 1 fully saturated rings. The summed E-state index contributed by atoms with van der Waals surface area (Å²) in [7, 11) is 0. The van der Waals surface area contributed by atoms with Crippen molar-refractivity contribution in [1.82, 2.24) is 19.7 Å². The topological polar surface area (TPSA) is 73.1 Å². The fourth-order valence-electron chi connectivity index (χ4n) is 4.25. The molecule has 172 valence electrons. The van der Waals surface area contributed by atoms with Crippen molar-refractivity contribution in [2.24, 2.45) is 0 Å². The summed E-state index contributed by atoms with van der Waals surface area (Å²) in [5.41, 5.74) is 3.15. The van der Waals surface area contributed by atoms with Crippen LogP contribution >= 0.6 is 11.3 Å². The number of fused-ring (bicyclic) bond motifs is 2. The molecule has 8 heteroatoms. The maximum atomic E-state index is 14.2. The number of carbonyl (C=O) groups excluding carboxylic acids is 1. The van der Waals surface area contributed by atoms with Gasteiger partial charge in [0, 0.05) is 18.3 Å². The van der Waals surface area contributed by atoms with E-state index in [1.807, 2.05) is 35.0 Å². The van der Waals surface area contributed by atoms with E-state index in [0.717, 1.165) is 46.4 Å². The predicted octanol–water partition coefficient (Wildman–Crippen LogP) is 5.57. The van der Waals surface area contributed by atoms with Crippen molar-refractivity contribution in [2.45, 2.75) is 58.6 Å². The van der Waals surface area contributed by atoms with Crippen LogP contribution in [0.5, 0.6) is 0 Å². The molecule has 0 aliphatic carbocycles. The average molecular weight is 464 g/mol. The summed E-state index contributed by atoms with van der Waals surface area (Å²) in [4.78, 5) is 25.6. The van der Waals surface area contributed by atoms with E-state index in [1.165, 1.54) is 11.3 Å². The van der Waals surface area contributed by atoms with Gasteiger partial charge in [-0.1, -0.05) is 37.3 Å². The molecule has 4 aromatic rings. The van der Waals surface area contributed by atoms with E-state index in [-0.39, 0.29) is 24.0 Å². The second-order valence-corrected chi connectivity index (χ2v) is 10.2. The smallest absolute Gasteiger partial charge is 0.261 e. The van der Waals surface area contributed by atoms with Gasteiger partial charge in [-0.25, -0.2) is 14.6 Å². The fourth-order valence-corrected chi connectivity index (χ4v) is 5.22. The molecule has 1 amide bonds. The van der Waals surface area contributed by atoms with Gasteiger partial charge in [0.2, 0.25) is 0 Å². The number of aromatic nitrogens is 4. The van der Waals surface area contributed by atoms with Gasteiger partial charge in [0.15, 0.2) is 10.8 Å². The highest BCUT2D eigenvalue weighted by atomic mass is 32.1. The molecule has 1 aromatic carbocycles. The number of ether oxygens (including phenoxy) is 1. The Morgan fingerprint density at radius 2 is 2.06 bits per heavy atom. The van der Waals surface area contributed by atoms with Crippen LogP contribution in [-0.4, -0.2) is 44.9 Å². The van der Waals surface area contributed by atoms with Crippen LogP contribution in [0, 0.1) is 0 Å². The SMILES string of the molecule is CC(C)c1cc(C(=O)N(CC2CCCO2)c2nc3ccccc3s2)c2cnn(C(C)C)c2n1. The second-order valence-electron chi connectivity index (χ2n) is 9.18. The summed E-state index contributed by atoms with van der Waals surface area (Å²) in [6, 6.07) is 10.1. The van der Waals surface area contributed by atoms with Crippen molar-refractivity contribution in [3.8, 4) is 0 Å². The molecule has 1 aliphatic rings. The monoisotopic (exact) mass is 463 g/mol. The molecule has 0 N–H and O–H groups in total. The van der Waals surface area contributed by atoms with Gasteiger partial charge in [0.05, 0.1) is 40.0 Å². The van der Waals surface area contributed by atoms with Crippen LogP contribution in [0.1, 0.15) is 68.5 Å². The Labute approximate surface area is 197 Å². The number of amides is 1. The molecule has 33 heavy (non-hydrogen) atoms. The first-order chi connectivity index (χ1) is 15.9. The number of pyridine rings is 1. The van der Waals surface area contributed by atoms with Crippen LogP contribution in [0.2, 0.25) is 0 Å². The molecular formula is C25H29N5O2S. The summed E-state index contributed by atoms with van der Waals surface area (Å²) in [5.74, 6) is 0.104. The Kier molecular flexibility index (Phi) is 5.88. The van der Waals surface area contributed by atoms with E-state index in [1.54, 1.807) is 11.1 Å². The zero-order chi connectivity index (χ0) is 23.1. The second kappa shape index (κ2) is 8.83. The third-order valence-corrected chi connectivity index (χ3v) is 7.13. The summed E-state index contributed by atoms with van der Waals surface area (Å²) >= 11 is 1.54. The number of nitrogens with zero attached hydrogens (tertiary/aromatic N) is 5. The van der Waals surface area contributed by atoms with Crippen LogP contribution in [0.15, 0.2) is 36.5 Å². The van der Waals surface area contributed by atoms with Crippen molar-refractivity contribution in [3.05, 3.63) is 47.8 Å². The number of para-hydroxylation sites is 1. The van der Waals surface area contributed by atoms with Crippen LogP contribution < -0.4 is 4.90 Å². The van der Waals surface area contributed by atoms with E-state index in [0.29, 0.717) is 17.2 Å². The van der Waals surface area contributed by atoms with Gasteiger partial charge in [-0.3, -0.25) is 9.69 Å². The van der Waals surface area contributed by atoms with Crippen molar-refractivity contribution >= 4 is 43.6 Å². The molecule has 1 aliphatic heterocycles. The minimum absolute atomic E-state index is 0.0150. The summed E-state index contributed by atoms with van der Waals surface area (Å²) in [6.07, 6.45) is 3.75. The maximum absolute atomic E-state index is 14.2. The zero-order valence-corrected chi connectivity index (χ0v) is 20.3. The largest absolute Gasteiger partial charge is 0.376 e. The minimum Gasteiger partial charge on any atom is -0.376 e. The summed E-state index contributed by atoms with van der Waals surface area (Å²) in [5, 5.41) is 6.03. The Bertz CT molecular complexity index is 1270. The normalized spacial score (nSPS) is 16.5. The van der Waals surface area contributed by atoms with Gasteiger partial charge in [0.25, 0.3) is 5.91 Å². The van der Waals surface area contributed by atoms with Crippen LogP contribution in [0.25, 0.3) is 21.3 Å². The zero-order valence-electron chi connectivity index (χ0n) is 19.5. The lowest BCUT2D eigenvalue weighted by atomic mass is 10.0. The summed E-state index contributed by atoms with van der Waals surface area (Å²) < 4.78 is 8.86. The third kappa shape index (κ3) is 4.13. The molecule has 1 saturated heterocycles. The standard InChI is InChI=1S/C25H29N5O2S/c1-15(2)21-12-18(19-13-26-30(16(3)4)23(19)27-21)24(31)29(14-17-8-7-11-32-17)25-28-20-9-5-6-10-22(20)33-25/h5-6,9-10,12-13,15-17H,7-8,11,14H2,1-4H3. The molecule has 0 bridgehead atoms. The molecule has 7 nitrogen and oxygen atoms in total. The van der Waals surface area contributed by atoms with E-state index in [2.05, 4.69) is 32.8 Å². The minimum atomic E-state index is -0.0813. The lowest BCUT2D eigenvalue weighted by molar-refractivity contribution is 0.0918. The molecule has 1 atom stereocenters. The molecule has 1 unspecified atom stereocenters. The van der Waals surface area contributed by atoms with Crippen LogP contribution in [-0.2, 0) is 4.74 Å². The van der Waals surface area contributed by atoms with Gasteiger partial charge in [0.1, 0.15) is 0 Å². The van der Waals surface area contributed by atoms with Crippen molar-refractivity contribution in [2.75, 3.05) is 18.1 Å². The van der Waals surface area contributed by atoms with E-state index < -0.39 is 0 Å². The van der Waals surface area contributed by atoms with Gasteiger partial charge in [-0.15, -0.1) is 0 Å². The fraction of sp³-hybridized carbons (Fsp3) is 0.440. The molecule has 5 rings (SSSR count). The van der Waals surface area contributed by atoms with E-state index >= 15 is 0 Å². The Morgan fingerprint density at radius 1 is 1.24 bits per heavy atom. The van der Waals surface area contributed by atoms with Crippen LogP contribution in [0.4, 0.5) is 5.13 Å². The number of benzene rings is 1. The third-order valence-electron chi connectivity index (χ3n) is 6.07. The number of thiazole rings is 1. The van der Waals surface area contributed by atoms with Gasteiger partial charge >= 0.3 is 0 Å². The molecule has 0 spiro atoms. The van der Waals surface area contributed by atoms with Gasteiger partial charge < -0.3 is 4.74 Å². The average Bonchev–Trinajstić information content (AvgIpc) is 3.55. The highest BCUT2D eigenvalue weighted by molar-refractivity contribution is 7.22. The molecule has 0 radical (unpaired) electrons. The molecule has 4 heterocycles. The predicted molar refractivity (Wildman–Crippen MR) is 132 cm³/mol. The highest BCUT2D eigenvalue weighted by Crippen LogP contribution is 2.32. The lowest BCUT2D eigenvalue weighted by Crippen LogP contribution is -2.37. The van der Waals surface area contributed by atoms with E-state index in [9.17, 15) is 4.79 Å². The molecular weight excluding hydrogens is 434 g/mol. The number of hydrogen-bond acceptors (Lipinski definition) is 6. The highest BCUT2D eigenvalue weighted by Gasteiger charge is 2.29. The molecule has 0 saturated carbocycles. The van der Waals surface area contributed by atoms with Crippen LogP contribution in [0.3, 0.4) is 0 Å². The first kappa shape index (κ1) is 22.0. The maximum Gasteiger partial charge on any atom is 0.261 e.